The predicted octanol–water partition coefficient (Wildman–Crippen LogP) is 5.85. The lowest BCUT2D eigenvalue weighted by Crippen LogP contribution is -2.17. The molecular weight excluding hydrogens is 496 g/mol. The molecule has 3 aromatic carbocycles. The van der Waals surface area contributed by atoms with Gasteiger partial charge in [0.2, 0.25) is 0 Å². The molecule has 0 heterocycles. The quantitative estimate of drug-likeness (QED) is 0.285. The first-order valence-electron chi connectivity index (χ1n) is 9.81. The molecule has 1 N–H and O–H groups in total. The third kappa shape index (κ3) is 6.48. The molecule has 0 saturated carbocycles. The molecule has 6 nitrogen and oxygen atoms in total. The average Bonchev–Trinajstić information content (AvgIpc) is 2.80. The van der Waals surface area contributed by atoms with E-state index in [1.54, 1.807) is 36.4 Å². The molecular formula is C24H22BrClN2O4. The Labute approximate surface area is 200 Å². The number of carbonyl (C=O) groups excluding carboxylic acids is 1. The van der Waals surface area contributed by atoms with Gasteiger partial charge in [0, 0.05) is 20.6 Å². The second-order valence-electron chi connectivity index (χ2n) is 6.60. The number of ether oxygens (including phenoxy) is 3. The fraction of sp³-hybridized carbons (Fsp3) is 0.167. The standard InChI is InChI=1S/C24H22BrClN2O4/c1-3-31-22-10-6-17(13-23(22)30-2)24(29)28-27-14-18-12-20(26)9-11-21(18)32-15-16-4-7-19(25)8-5-16/h4-14H,3,15H2,1-2H3,(H,28,29)/b27-14+. The molecule has 0 fully saturated rings. The third-order valence-corrected chi connectivity index (χ3v) is 5.14. The normalized spacial score (nSPS) is 10.8. The van der Waals surface area contributed by atoms with Gasteiger partial charge in [-0.05, 0) is 61.0 Å². The van der Waals surface area contributed by atoms with Gasteiger partial charge >= 0.3 is 0 Å². The summed E-state index contributed by atoms with van der Waals surface area (Å²) in [5.41, 5.74) is 4.55. The molecule has 3 aromatic rings. The summed E-state index contributed by atoms with van der Waals surface area (Å²) in [5, 5.41) is 4.59. The van der Waals surface area contributed by atoms with Gasteiger partial charge in [-0.25, -0.2) is 5.43 Å². The van der Waals surface area contributed by atoms with Gasteiger partial charge in [-0.15, -0.1) is 0 Å². The van der Waals surface area contributed by atoms with E-state index in [4.69, 9.17) is 25.8 Å². The van der Waals surface area contributed by atoms with E-state index in [0.29, 0.717) is 46.6 Å². The molecule has 0 aliphatic carbocycles. The van der Waals surface area contributed by atoms with Crippen molar-refractivity contribution in [3.8, 4) is 17.2 Å². The number of rotatable bonds is 9. The van der Waals surface area contributed by atoms with Crippen molar-refractivity contribution in [3.63, 3.8) is 0 Å². The van der Waals surface area contributed by atoms with E-state index in [0.717, 1.165) is 10.0 Å². The minimum absolute atomic E-state index is 0.383. The van der Waals surface area contributed by atoms with Gasteiger partial charge in [0.05, 0.1) is 19.9 Å². The van der Waals surface area contributed by atoms with Crippen molar-refractivity contribution >= 4 is 39.7 Å². The number of amides is 1. The van der Waals surface area contributed by atoms with Crippen LogP contribution in [0.4, 0.5) is 0 Å². The Morgan fingerprint density at radius 1 is 1.03 bits per heavy atom. The zero-order chi connectivity index (χ0) is 22.9. The van der Waals surface area contributed by atoms with Gasteiger partial charge < -0.3 is 14.2 Å². The summed E-state index contributed by atoms with van der Waals surface area (Å²) in [6.45, 7) is 2.76. The second kappa shape index (κ2) is 11.5. The molecule has 0 aromatic heterocycles. The first kappa shape index (κ1) is 23.6. The maximum Gasteiger partial charge on any atom is 0.271 e. The topological polar surface area (TPSA) is 69.2 Å². The monoisotopic (exact) mass is 516 g/mol. The number of benzene rings is 3. The van der Waals surface area contributed by atoms with Crippen molar-refractivity contribution in [2.75, 3.05) is 13.7 Å². The van der Waals surface area contributed by atoms with Gasteiger partial charge in [-0.2, -0.15) is 5.10 Å². The van der Waals surface area contributed by atoms with Gasteiger partial charge in [0.1, 0.15) is 12.4 Å². The van der Waals surface area contributed by atoms with Crippen molar-refractivity contribution in [1.82, 2.24) is 5.43 Å². The summed E-state index contributed by atoms with van der Waals surface area (Å²) in [6.07, 6.45) is 1.49. The van der Waals surface area contributed by atoms with E-state index >= 15 is 0 Å². The molecule has 32 heavy (non-hydrogen) atoms. The molecule has 0 atom stereocenters. The molecule has 0 saturated heterocycles. The molecule has 1 amide bonds. The fourth-order valence-electron chi connectivity index (χ4n) is 2.80. The molecule has 8 heteroatoms. The van der Waals surface area contributed by atoms with Crippen molar-refractivity contribution in [1.29, 1.82) is 0 Å². The fourth-order valence-corrected chi connectivity index (χ4v) is 3.25. The number of hydrogen-bond donors (Lipinski definition) is 1. The molecule has 0 spiro atoms. The molecule has 0 aliphatic rings. The van der Waals surface area contributed by atoms with Crippen LogP contribution in [0.3, 0.4) is 0 Å². The number of hydrazone groups is 1. The Balaban J connectivity index is 1.68. The summed E-state index contributed by atoms with van der Waals surface area (Å²) in [6, 6.07) is 18.0. The van der Waals surface area contributed by atoms with E-state index < -0.39 is 0 Å². The molecule has 0 unspecified atom stereocenters. The number of nitrogens with one attached hydrogen (secondary N) is 1. The van der Waals surface area contributed by atoms with Crippen LogP contribution >= 0.6 is 27.5 Å². The number of hydrogen-bond acceptors (Lipinski definition) is 5. The van der Waals surface area contributed by atoms with Crippen molar-refractivity contribution < 1.29 is 19.0 Å². The van der Waals surface area contributed by atoms with Gasteiger partial charge in [-0.3, -0.25) is 4.79 Å². The number of carbonyl (C=O) groups is 1. The highest BCUT2D eigenvalue weighted by Crippen LogP contribution is 2.28. The van der Waals surface area contributed by atoms with Crippen LogP contribution in [0.15, 0.2) is 70.2 Å². The SMILES string of the molecule is CCOc1ccc(C(=O)N/N=C/c2cc(Cl)ccc2OCc2ccc(Br)cc2)cc1OC. The van der Waals surface area contributed by atoms with E-state index in [9.17, 15) is 4.79 Å². The van der Waals surface area contributed by atoms with Crippen LogP contribution in [0.25, 0.3) is 0 Å². The molecule has 3 rings (SSSR count). The maximum absolute atomic E-state index is 12.5. The van der Waals surface area contributed by atoms with Crippen molar-refractivity contribution in [2.24, 2.45) is 5.10 Å². The minimum atomic E-state index is -0.387. The van der Waals surface area contributed by atoms with Crippen molar-refractivity contribution in [2.45, 2.75) is 13.5 Å². The molecule has 0 aliphatic heterocycles. The highest BCUT2D eigenvalue weighted by molar-refractivity contribution is 9.10. The van der Waals surface area contributed by atoms with Gasteiger partial charge in [-0.1, -0.05) is 39.7 Å². The molecule has 0 bridgehead atoms. The van der Waals surface area contributed by atoms with Crippen LogP contribution in [0.5, 0.6) is 17.2 Å². The van der Waals surface area contributed by atoms with Crippen LogP contribution < -0.4 is 19.6 Å². The van der Waals surface area contributed by atoms with E-state index in [-0.39, 0.29) is 5.91 Å². The highest BCUT2D eigenvalue weighted by Gasteiger charge is 2.11. The Kier molecular flexibility index (Phi) is 8.53. The molecule has 166 valence electrons. The number of halogens is 2. The Morgan fingerprint density at radius 3 is 2.50 bits per heavy atom. The zero-order valence-corrected chi connectivity index (χ0v) is 19.9. The molecule has 0 radical (unpaired) electrons. The first-order chi connectivity index (χ1) is 15.5. The maximum atomic E-state index is 12.5. The minimum Gasteiger partial charge on any atom is -0.493 e. The lowest BCUT2D eigenvalue weighted by Gasteiger charge is -2.11. The average molecular weight is 518 g/mol. The number of nitrogens with zero attached hydrogens (tertiary/aromatic N) is 1. The van der Waals surface area contributed by atoms with E-state index in [1.807, 2.05) is 31.2 Å². The lowest BCUT2D eigenvalue weighted by molar-refractivity contribution is 0.0954. The van der Waals surface area contributed by atoms with Gasteiger partial charge in [0.15, 0.2) is 11.5 Å². The number of methoxy groups -OCH3 is 1. The van der Waals surface area contributed by atoms with E-state index in [2.05, 4.69) is 26.5 Å². The summed E-state index contributed by atoms with van der Waals surface area (Å²) >= 11 is 9.54. The Bertz CT molecular complexity index is 1100. The lowest BCUT2D eigenvalue weighted by atomic mass is 10.2. The Morgan fingerprint density at radius 2 is 1.78 bits per heavy atom. The third-order valence-electron chi connectivity index (χ3n) is 4.37. The van der Waals surface area contributed by atoms with Crippen LogP contribution in [0, 0.1) is 0 Å². The Hall–Kier alpha value is -3.03. The first-order valence-corrected chi connectivity index (χ1v) is 11.0. The summed E-state index contributed by atoms with van der Waals surface area (Å²) < 4.78 is 17.7. The largest absolute Gasteiger partial charge is 0.493 e. The van der Waals surface area contributed by atoms with Gasteiger partial charge in [0.25, 0.3) is 5.91 Å². The zero-order valence-electron chi connectivity index (χ0n) is 17.6. The van der Waals surface area contributed by atoms with Crippen LogP contribution in [0.1, 0.15) is 28.4 Å². The predicted molar refractivity (Wildman–Crippen MR) is 129 cm³/mol. The summed E-state index contributed by atoms with van der Waals surface area (Å²) in [4.78, 5) is 12.5. The van der Waals surface area contributed by atoms with Crippen LogP contribution in [-0.4, -0.2) is 25.8 Å². The smallest absolute Gasteiger partial charge is 0.271 e. The summed E-state index contributed by atoms with van der Waals surface area (Å²) in [7, 11) is 1.52. The van der Waals surface area contributed by atoms with Crippen LogP contribution in [0.2, 0.25) is 5.02 Å². The highest BCUT2D eigenvalue weighted by atomic mass is 79.9. The van der Waals surface area contributed by atoms with Crippen molar-refractivity contribution in [3.05, 3.63) is 86.8 Å². The van der Waals surface area contributed by atoms with E-state index in [1.165, 1.54) is 13.3 Å². The summed E-state index contributed by atoms with van der Waals surface area (Å²) in [5.74, 6) is 1.25. The second-order valence-corrected chi connectivity index (χ2v) is 7.95. The van der Waals surface area contributed by atoms with Crippen LogP contribution in [-0.2, 0) is 6.61 Å².